The van der Waals surface area contributed by atoms with Crippen LogP contribution in [0.2, 0.25) is 0 Å². The Morgan fingerprint density at radius 1 is 1.14 bits per heavy atom. The second-order valence-corrected chi connectivity index (χ2v) is 2.76. The highest BCUT2D eigenvalue weighted by molar-refractivity contribution is 5.69. The maximum atomic E-state index is 10.8. The molecule has 0 aromatic rings. The molecule has 0 fully saturated rings. The summed E-state index contributed by atoms with van der Waals surface area (Å²) in [7, 11) is 0. The van der Waals surface area contributed by atoms with E-state index in [0.29, 0.717) is 25.9 Å². The number of carbonyl (C=O) groups excluding carboxylic acids is 1. The molecule has 0 aromatic heterocycles. The van der Waals surface area contributed by atoms with Gasteiger partial charge in [0.15, 0.2) is 0 Å². The second kappa shape index (κ2) is 10.3. The first kappa shape index (κ1) is 15.7. The lowest BCUT2D eigenvalue weighted by atomic mass is 10.1. The molecule has 5 heteroatoms. The van der Waals surface area contributed by atoms with E-state index in [1.807, 2.05) is 0 Å². The molecule has 0 aromatic carbocycles. The summed E-state index contributed by atoms with van der Waals surface area (Å²) in [6, 6.07) is 0. The molecule has 0 bridgehead atoms. The summed E-state index contributed by atoms with van der Waals surface area (Å²) >= 11 is 0. The Morgan fingerprint density at radius 3 is 2.21 bits per heavy atom. The maximum Gasteiger partial charge on any atom is 0.305 e. The standard InChI is InChI=1S/C9H16O4.ClH/c1-2-13-9(12)7-5-3-4-6-8(10)11;/h2-7H2,1H3,(H,10,11);1H/p-1. The molecular weight excluding hydrogens is 208 g/mol. The molecule has 4 nitrogen and oxygen atoms in total. The van der Waals surface area contributed by atoms with E-state index in [1.165, 1.54) is 0 Å². The lowest BCUT2D eigenvalue weighted by Crippen LogP contribution is -3.00. The van der Waals surface area contributed by atoms with E-state index < -0.39 is 5.97 Å². The van der Waals surface area contributed by atoms with E-state index in [0.717, 1.165) is 6.42 Å². The number of hydrogen-bond acceptors (Lipinski definition) is 3. The lowest BCUT2D eigenvalue weighted by molar-refractivity contribution is -0.143. The Morgan fingerprint density at radius 2 is 1.71 bits per heavy atom. The summed E-state index contributed by atoms with van der Waals surface area (Å²) in [6.45, 7) is 2.18. The molecule has 84 valence electrons. The van der Waals surface area contributed by atoms with Gasteiger partial charge in [-0.15, -0.1) is 0 Å². The summed E-state index contributed by atoms with van der Waals surface area (Å²) < 4.78 is 4.71. The fraction of sp³-hybridized carbons (Fsp3) is 0.778. The van der Waals surface area contributed by atoms with Gasteiger partial charge in [0.2, 0.25) is 0 Å². The molecular formula is C9H16ClO4-. The molecule has 0 rings (SSSR count). The number of halogens is 1. The average molecular weight is 224 g/mol. The highest BCUT2D eigenvalue weighted by Gasteiger charge is 2.01. The zero-order valence-corrected chi connectivity index (χ0v) is 9.05. The number of carboxylic acids is 1. The first-order chi connectivity index (χ1) is 6.16. The largest absolute Gasteiger partial charge is 1.00 e. The van der Waals surface area contributed by atoms with Gasteiger partial charge in [-0.2, -0.15) is 0 Å². The van der Waals surface area contributed by atoms with Crippen molar-refractivity contribution >= 4 is 11.9 Å². The Hall–Kier alpha value is -0.770. The molecule has 0 heterocycles. The third-order valence-electron chi connectivity index (χ3n) is 1.58. The molecule has 0 aliphatic carbocycles. The SMILES string of the molecule is CCOC(=O)CCCCCC(=O)O.[Cl-]. The molecule has 0 saturated carbocycles. The van der Waals surface area contributed by atoms with Crippen molar-refractivity contribution in [2.45, 2.75) is 39.0 Å². The molecule has 0 aliphatic rings. The fourth-order valence-corrected chi connectivity index (χ4v) is 0.955. The van der Waals surface area contributed by atoms with Gasteiger partial charge in [0.05, 0.1) is 6.61 Å². The normalized spacial score (nSPS) is 8.93. The first-order valence-corrected chi connectivity index (χ1v) is 4.54. The minimum Gasteiger partial charge on any atom is -1.00 e. The van der Waals surface area contributed by atoms with Crippen LogP contribution >= 0.6 is 0 Å². The summed E-state index contributed by atoms with van der Waals surface area (Å²) in [6.07, 6.45) is 2.70. The highest BCUT2D eigenvalue weighted by atomic mass is 35.5. The fourth-order valence-electron chi connectivity index (χ4n) is 0.955. The Labute approximate surface area is 90.0 Å². The molecule has 0 spiro atoms. The van der Waals surface area contributed by atoms with Gasteiger partial charge in [0.25, 0.3) is 0 Å². The zero-order valence-electron chi connectivity index (χ0n) is 8.29. The van der Waals surface area contributed by atoms with Crippen LogP contribution in [0.15, 0.2) is 0 Å². The van der Waals surface area contributed by atoms with Gasteiger partial charge in [0.1, 0.15) is 0 Å². The van der Waals surface area contributed by atoms with Crippen LogP contribution in [0.25, 0.3) is 0 Å². The van der Waals surface area contributed by atoms with Crippen molar-refractivity contribution in [2.24, 2.45) is 0 Å². The molecule has 1 N–H and O–H groups in total. The van der Waals surface area contributed by atoms with Crippen molar-refractivity contribution in [1.82, 2.24) is 0 Å². The predicted octanol–water partition coefficient (Wildman–Crippen LogP) is -1.41. The molecule has 0 radical (unpaired) electrons. The number of rotatable bonds is 7. The smallest absolute Gasteiger partial charge is 0.305 e. The molecule has 0 saturated heterocycles. The van der Waals surface area contributed by atoms with Crippen molar-refractivity contribution in [2.75, 3.05) is 6.61 Å². The van der Waals surface area contributed by atoms with E-state index >= 15 is 0 Å². The molecule has 14 heavy (non-hydrogen) atoms. The summed E-state index contributed by atoms with van der Waals surface area (Å²) in [5.74, 6) is -0.978. The van der Waals surface area contributed by atoms with Crippen LogP contribution in [0.1, 0.15) is 39.0 Å². The number of carboxylic acid groups (broad SMARTS) is 1. The van der Waals surface area contributed by atoms with Gasteiger partial charge in [-0.25, -0.2) is 0 Å². The Balaban J connectivity index is 0. The van der Waals surface area contributed by atoms with Gasteiger partial charge in [-0.3, -0.25) is 9.59 Å². The number of esters is 1. The second-order valence-electron chi connectivity index (χ2n) is 2.76. The van der Waals surface area contributed by atoms with E-state index in [9.17, 15) is 9.59 Å². The molecule has 0 amide bonds. The lowest BCUT2D eigenvalue weighted by Gasteiger charge is -2.00. The van der Waals surface area contributed by atoms with Crippen LogP contribution in [0.5, 0.6) is 0 Å². The van der Waals surface area contributed by atoms with Crippen molar-refractivity contribution in [1.29, 1.82) is 0 Å². The number of hydrogen-bond donors (Lipinski definition) is 1. The predicted molar refractivity (Wildman–Crippen MR) is 47.4 cm³/mol. The minimum absolute atomic E-state index is 0. The highest BCUT2D eigenvalue weighted by Crippen LogP contribution is 2.03. The van der Waals surface area contributed by atoms with Crippen molar-refractivity contribution < 1.29 is 31.8 Å². The first-order valence-electron chi connectivity index (χ1n) is 4.54. The van der Waals surface area contributed by atoms with Crippen molar-refractivity contribution in [3.05, 3.63) is 0 Å². The van der Waals surface area contributed by atoms with Crippen LogP contribution in [-0.2, 0) is 14.3 Å². The third kappa shape index (κ3) is 11.2. The summed E-state index contributed by atoms with van der Waals surface area (Å²) in [5.41, 5.74) is 0. The topological polar surface area (TPSA) is 63.6 Å². The number of unbranched alkanes of at least 4 members (excludes halogenated alkanes) is 2. The van der Waals surface area contributed by atoms with Gasteiger partial charge in [-0.05, 0) is 19.8 Å². The van der Waals surface area contributed by atoms with Crippen LogP contribution in [0.3, 0.4) is 0 Å². The molecule has 0 aliphatic heterocycles. The van der Waals surface area contributed by atoms with Crippen LogP contribution in [-0.4, -0.2) is 23.7 Å². The van der Waals surface area contributed by atoms with E-state index in [4.69, 9.17) is 9.84 Å². The van der Waals surface area contributed by atoms with Gasteiger partial charge in [-0.1, -0.05) is 6.42 Å². The third-order valence-corrected chi connectivity index (χ3v) is 1.58. The van der Waals surface area contributed by atoms with Gasteiger partial charge in [0, 0.05) is 12.8 Å². The van der Waals surface area contributed by atoms with Crippen molar-refractivity contribution in [3.63, 3.8) is 0 Å². The van der Waals surface area contributed by atoms with Crippen molar-refractivity contribution in [3.8, 4) is 0 Å². The summed E-state index contributed by atoms with van der Waals surface area (Å²) in [4.78, 5) is 20.9. The number of carbonyl (C=O) groups is 2. The van der Waals surface area contributed by atoms with E-state index in [1.54, 1.807) is 6.92 Å². The minimum atomic E-state index is -0.781. The van der Waals surface area contributed by atoms with E-state index in [-0.39, 0.29) is 24.8 Å². The summed E-state index contributed by atoms with van der Waals surface area (Å²) in [5, 5.41) is 8.31. The average Bonchev–Trinajstić information content (AvgIpc) is 2.03. The van der Waals surface area contributed by atoms with Crippen LogP contribution < -0.4 is 12.4 Å². The zero-order chi connectivity index (χ0) is 10.1. The van der Waals surface area contributed by atoms with E-state index in [2.05, 4.69) is 0 Å². The molecule has 0 atom stereocenters. The van der Waals surface area contributed by atoms with Crippen LogP contribution in [0.4, 0.5) is 0 Å². The monoisotopic (exact) mass is 223 g/mol. The van der Waals surface area contributed by atoms with Crippen LogP contribution in [0, 0.1) is 0 Å². The van der Waals surface area contributed by atoms with Gasteiger partial charge >= 0.3 is 11.9 Å². The molecule has 0 unspecified atom stereocenters. The Kier molecular flexibility index (Phi) is 11.6. The quantitative estimate of drug-likeness (QED) is 0.426. The number of ether oxygens (including phenoxy) is 1. The maximum absolute atomic E-state index is 10.8. The number of aliphatic carboxylic acids is 1. The Bertz CT molecular complexity index is 170. The van der Waals surface area contributed by atoms with Gasteiger partial charge < -0.3 is 22.3 Å².